The molecule has 3 fully saturated rings. The van der Waals surface area contributed by atoms with Crippen molar-refractivity contribution in [1.29, 1.82) is 0 Å². The predicted molar refractivity (Wildman–Crippen MR) is 141 cm³/mol. The Morgan fingerprint density at radius 2 is 1.85 bits per heavy atom. The van der Waals surface area contributed by atoms with Gasteiger partial charge in [0.1, 0.15) is 11.6 Å². The first-order chi connectivity index (χ1) is 19.4. The average Bonchev–Trinajstić information content (AvgIpc) is 3.31. The molecular formula is C29H32F2N6O3. The highest BCUT2D eigenvalue weighted by molar-refractivity contribution is 5.94. The van der Waals surface area contributed by atoms with Crippen LogP contribution in [-0.4, -0.2) is 57.5 Å². The molecule has 1 saturated heterocycles. The smallest absolute Gasteiger partial charge is 0.273 e. The van der Waals surface area contributed by atoms with Gasteiger partial charge in [0.05, 0.1) is 17.0 Å². The van der Waals surface area contributed by atoms with Crippen molar-refractivity contribution in [2.45, 2.75) is 56.5 Å². The number of nitrogens with one attached hydrogen (secondary N) is 2. The Morgan fingerprint density at radius 1 is 1.07 bits per heavy atom. The Balaban J connectivity index is 1.17. The summed E-state index contributed by atoms with van der Waals surface area (Å²) in [7, 11) is 0. The summed E-state index contributed by atoms with van der Waals surface area (Å²) in [6.45, 7) is 2.25. The van der Waals surface area contributed by atoms with Crippen LogP contribution >= 0.6 is 0 Å². The molecule has 0 bridgehead atoms. The molecule has 210 valence electrons. The SMILES string of the molecule is O=C(N[C@H]1CCN(CC2CCCC2)C[C@@H]1C(=O)NC1(c2ncccn2)CC1)c1cc(-c2ccc(F)cc2F)on1. The van der Waals surface area contributed by atoms with Crippen molar-refractivity contribution >= 4 is 11.8 Å². The standard InChI is InChI=1S/C29H32F2N6O3/c30-19-6-7-20(22(31)14-19)25-15-24(36-40-25)27(39)34-23-8-13-37(16-18-4-1-2-5-18)17-21(23)26(38)35-29(9-10-29)28-32-11-3-12-33-28/h3,6-7,11-12,14-15,18,21,23H,1-2,4-5,8-10,13,16-17H2,(H,34,39)(H,35,38)/t21-,23-/m0/s1. The topological polar surface area (TPSA) is 113 Å². The van der Waals surface area contributed by atoms with Crippen molar-refractivity contribution < 1.29 is 22.9 Å². The average molecular weight is 551 g/mol. The summed E-state index contributed by atoms with van der Waals surface area (Å²) in [6, 6.07) is 5.72. The number of rotatable bonds is 8. The van der Waals surface area contributed by atoms with Crippen LogP contribution in [0.2, 0.25) is 0 Å². The Kier molecular flexibility index (Phi) is 7.31. The maximum atomic E-state index is 14.2. The van der Waals surface area contributed by atoms with Crippen molar-refractivity contribution in [3.8, 4) is 11.3 Å². The fourth-order valence-electron chi connectivity index (χ4n) is 6.03. The normalized spacial score (nSPS) is 22.6. The molecule has 2 atom stereocenters. The molecule has 40 heavy (non-hydrogen) atoms. The molecule has 2 aromatic heterocycles. The van der Waals surface area contributed by atoms with Crippen molar-refractivity contribution in [3.63, 3.8) is 0 Å². The summed E-state index contributed by atoms with van der Waals surface area (Å²) in [6.07, 6.45) is 10.4. The van der Waals surface area contributed by atoms with Gasteiger partial charge in [0.2, 0.25) is 5.91 Å². The highest BCUT2D eigenvalue weighted by atomic mass is 19.1. The fraction of sp³-hybridized carbons (Fsp3) is 0.483. The van der Waals surface area contributed by atoms with Gasteiger partial charge in [-0.1, -0.05) is 18.0 Å². The van der Waals surface area contributed by atoms with Gasteiger partial charge in [0, 0.05) is 50.2 Å². The number of hydrogen-bond acceptors (Lipinski definition) is 7. The molecule has 2 aliphatic carbocycles. The second kappa shape index (κ2) is 11.0. The van der Waals surface area contributed by atoms with Crippen molar-refractivity contribution in [2.24, 2.45) is 11.8 Å². The van der Waals surface area contributed by atoms with Crippen LogP contribution in [-0.2, 0) is 10.3 Å². The third kappa shape index (κ3) is 5.60. The number of nitrogens with zero attached hydrogens (tertiary/aromatic N) is 4. The van der Waals surface area contributed by atoms with Crippen molar-refractivity contribution in [2.75, 3.05) is 19.6 Å². The first kappa shape index (κ1) is 26.5. The molecule has 6 rings (SSSR count). The highest BCUT2D eigenvalue weighted by Crippen LogP contribution is 2.44. The van der Waals surface area contributed by atoms with Crippen LogP contribution in [0.5, 0.6) is 0 Å². The van der Waals surface area contributed by atoms with Gasteiger partial charge in [-0.15, -0.1) is 0 Å². The van der Waals surface area contributed by atoms with Gasteiger partial charge in [0.15, 0.2) is 17.3 Å². The van der Waals surface area contributed by atoms with Gasteiger partial charge in [0.25, 0.3) is 5.91 Å². The molecule has 3 heterocycles. The molecule has 2 amide bonds. The highest BCUT2D eigenvalue weighted by Gasteiger charge is 2.50. The second-order valence-corrected chi connectivity index (χ2v) is 11.2. The van der Waals surface area contributed by atoms with E-state index in [1.807, 2.05) is 0 Å². The zero-order valence-electron chi connectivity index (χ0n) is 22.1. The molecule has 0 spiro atoms. The van der Waals surface area contributed by atoms with Crippen LogP contribution in [0.15, 0.2) is 47.2 Å². The van der Waals surface area contributed by atoms with E-state index in [0.29, 0.717) is 24.7 Å². The molecule has 0 radical (unpaired) electrons. The minimum atomic E-state index is -0.814. The third-order valence-corrected chi connectivity index (χ3v) is 8.39. The van der Waals surface area contributed by atoms with Gasteiger partial charge >= 0.3 is 0 Å². The van der Waals surface area contributed by atoms with Crippen LogP contribution < -0.4 is 10.6 Å². The van der Waals surface area contributed by atoms with Crippen LogP contribution in [0.3, 0.4) is 0 Å². The molecular weight excluding hydrogens is 518 g/mol. The van der Waals surface area contributed by atoms with Crippen LogP contribution in [0.25, 0.3) is 11.3 Å². The minimum absolute atomic E-state index is 0.00304. The Hall–Kier alpha value is -3.73. The van der Waals surface area contributed by atoms with E-state index in [1.54, 1.807) is 18.5 Å². The molecule has 11 heteroatoms. The largest absolute Gasteiger partial charge is 0.355 e. The number of benzene rings is 1. The Bertz CT molecular complexity index is 1370. The molecule has 3 aromatic rings. The number of piperidine rings is 1. The summed E-state index contributed by atoms with van der Waals surface area (Å²) in [4.78, 5) is 38.0. The van der Waals surface area contributed by atoms with Crippen molar-refractivity contribution in [3.05, 3.63) is 65.9 Å². The number of amides is 2. The van der Waals surface area contributed by atoms with E-state index in [2.05, 4.69) is 30.7 Å². The Morgan fingerprint density at radius 3 is 2.58 bits per heavy atom. The van der Waals surface area contributed by atoms with Gasteiger partial charge in [-0.05, 0) is 56.2 Å². The van der Waals surface area contributed by atoms with Gasteiger partial charge < -0.3 is 20.1 Å². The lowest BCUT2D eigenvalue weighted by Gasteiger charge is -2.39. The first-order valence-corrected chi connectivity index (χ1v) is 13.9. The molecule has 2 N–H and O–H groups in total. The lowest BCUT2D eigenvalue weighted by atomic mass is 9.89. The molecule has 1 aromatic carbocycles. The summed E-state index contributed by atoms with van der Waals surface area (Å²) in [5.74, 6) is -1.41. The quantitative estimate of drug-likeness (QED) is 0.438. The van der Waals surface area contributed by atoms with Gasteiger partial charge in [-0.25, -0.2) is 18.7 Å². The molecule has 0 unspecified atom stereocenters. The summed E-state index contributed by atoms with van der Waals surface area (Å²) in [5.41, 5.74) is -0.605. The van der Waals surface area contributed by atoms with E-state index in [0.717, 1.165) is 38.1 Å². The summed E-state index contributed by atoms with van der Waals surface area (Å²) < 4.78 is 32.7. The van der Waals surface area contributed by atoms with E-state index in [9.17, 15) is 18.4 Å². The van der Waals surface area contributed by atoms with Gasteiger partial charge in [-0.2, -0.15) is 0 Å². The lowest BCUT2D eigenvalue weighted by Crippen LogP contribution is -2.57. The number of hydrogen-bond donors (Lipinski definition) is 2. The monoisotopic (exact) mass is 550 g/mol. The van der Waals surface area contributed by atoms with Crippen LogP contribution in [0.4, 0.5) is 8.78 Å². The van der Waals surface area contributed by atoms with E-state index in [4.69, 9.17) is 4.52 Å². The first-order valence-electron chi connectivity index (χ1n) is 13.9. The lowest BCUT2D eigenvalue weighted by molar-refractivity contribution is -0.128. The zero-order chi connectivity index (χ0) is 27.7. The van der Waals surface area contributed by atoms with Gasteiger partial charge in [-0.3, -0.25) is 9.59 Å². The number of likely N-dealkylation sites (tertiary alicyclic amines) is 1. The van der Waals surface area contributed by atoms with Crippen molar-refractivity contribution in [1.82, 2.24) is 30.7 Å². The third-order valence-electron chi connectivity index (χ3n) is 8.39. The van der Waals surface area contributed by atoms with Crippen LogP contribution in [0.1, 0.15) is 61.3 Å². The molecule has 3 aliphatic rings. The maximum absolute atomic E-state index is 14.2. The molecule has 9 nitrogen and oxygen atoms in total. The zero-order valence-corrected chi connectivity index (χ0v) is 22.1. The van der Waals surface area contributed by atoms with E-state index in [1.165, 1.54) is 37.8 Å². The second-order valence-electron chi connectivity index (χ2n) is 11.2. The van der Waals surface area contributed by atoms with Crippen LogP contribution in [0, 0.1) is 23.5 Å². The van der Waals surface area contributed by atoms with E-state index < -0.39 is 35.0 Å². The molecule has 1 aliphatic heterocycles. The number of carbonyl (C=O) groups is 2. The van der Waals surface area contributed by atoms with E-state index in [-0.39, 0.29) is 22.9 Å². The summed E-state index contributed by atoms with van der Waals surface area (Å²) >= 11 is 0. The number of halogens is 2. The number of carbonyl (C=O) groups excluding carboxylic acids is 2. The fourth-order valence-corrected chi connectivity index (χ4v) is 6.03. The van der Waals surface area contributed by atoms with E-state index >= 15 is 0 Å². The predicted octanol–water partition coefficient (Wildman–Crippen LogP) is 3.83. The summed E-state index contributed by atoms with van der Waals surface area (Å²) in [5, 5.41) is 9.99. The number of aromatic nitrogens is 3. The Labute approximate surface area is 230 Å². The molecule has 2 saturated carbocycles. The maximum Gasteiger partial charge on any atom is 0.273 e. The minimum Gasteiger partial charge on any atom is -0.355 e.